The number of aromatic nitrogens is 3. The van der Waals surface area contributed by atoms with Gasteiger partial charge in [-0.25, -0.2) is 9.97 Å². The van der Waals surface area contributed by atoms with Crippen LogP contribution in [0.1, 0.15) is 10.7 Å². The van der Waals surface area contributed by atoms with E-state index in [1.165, 1.54) is 0 Å². The SMILES string of the molecule is CNc1ncc(Br)c(NCCc2csc(C)n2)n1. The largest absolute Gasteiger partial charge is 0.369 e. The van der Waals surface area contributed by atoms with Crippen LogP contribution in [0.15, 0.2) is 16.0 Å². The highest BCUT2D eigenvalue weighted by atomic mass is 79.9. The maximum Gasteiger partial charge on any atom is 0.224 e. The Hall–Kier alpha value is -1.21. The number of anilines is 2. The highest BCUT2D eigenvalue weighted by molar-refractivity contribution is 9.10. The Kier molecular flexibility index (Phi) is 4.48. The molecule has 2 rings (SSSR count). The van der Waals surface area contributed by atoms with E-state index in [-0.39, 0.29) is 0 Å². The van der Waals surface area contributed by atoms with Crippen molar-refractivity contribution in [3.05, 3.63) is 26.8 Å². The minimum absolute atomic E-state index is 0.602. The molecule has 0 aliphatic carbocycles. The van der Waals surface area contributed by atoms with E-state index in [9.17, 15) is 0 Å². The van der Waals surface area contributed by atoms with Crippen molar-refractivity contribution in [1.82, 2.24) is 15.0 Å². The molecule has 0 amide bonds. The molecule has 18 heavy (non-hydrogen) atoms. The fourth-order valence-electron chi connectivity index (χ4n) is 1.44. The maximum absolute atomic E-state index is 4.42. The van der Waals surface area contributed by atoms with E-state index in [2.05, 4.69) is 46.9 Å². The van der Waals surface area contributed by atoms with Crippen molar-refractivity contribution in [2.24, 2.45) is 0 Å². The van der Waals surface area contributed by atoms with Crippen LogP contribution in [0.3, 0.4) is 0 Å². The molecule has 0 aliphatic rings. The van der Waals surface area contributed by atoms with Gasteiger partial charge in [0.15, 0.2) is 0 Å². The summed E-state index contributed by atoms with van der Waals surface area (Å²) in [4.78, 5) is 12.9. The highest BCUT2D eigenvalue weighted by Gasteiger charge is 2.04. The zero-order chi connectivity index (χ0) is 13.0. The van der Waals surface area contributed by atoms with Crippen LogP contribution in [0.2, 0.25) is 0 Å². The van der Waals surface area contributed by atoms with E-state index < -0.39 is 0 Å². The predicted molar refractivity (Wildman–Crippen MR) is 78.3 cm³/mol. The molecule has 5 nitrogen and oxygen atoms in total. The van der Waals surface area contributed by atoms with Crippen LogP contribution in [0, 0.1) is 6.92 Å². The van der Waals surface area contributed by atoms with Gasteiger partial charge in [-0.2, -0.15) is 4.98 Å². The first-order valence-electron chi connectivity index (χ1n) is 5.54. The lowest BCUT2D eigenvalue weighted by molar-refractivity contribution is 0.955. The Morgan fingerprint density at radius 1 is 1.39 bits per heavy atom. The summed E-state index contributed by atoms with van der Waals surface area (Å²) < 4.78 is 0.857. The Balaban J connectivity index is 1.93. The van der Waals surface area contributed by atoms with Crippen LogP contribution in [0.25, 0.3) is 0 Å². The van der Waals surface area contributed by atoms with Gasteiger partial charge in [0, 0.05) is 31.6 Å². The lowest BCUT2D eigenvalue weighted by Gasteiger charge is -2.07. The van der Waals surface area contributed by atoms with Gasteiger partial charge < -0.3 is 10.6 Å². The number of aryl methyl sites for hydroxylation is 1. The van der Waals surface area contributed by atoms with Crippen LogP contribution < -0.4 is 10.6 Å². The van der Waals surface area contributed by atoms with E-state index in [4.69, 9.17) is 0 Å². The second-order valence-electron chi connectivity index (χ2n) is 3.67. The van der Waals surface area contributed by atoms with Crippen LogP contribution >= 0.6 is 27.3 Å². The fourth-order valence-corrected chi connectivity index (χ4v) is 2.42. The summed E-state index contributed by atoms with van der Waals surface area (Å²) in [6.07, 6.45) is 2.61. The summed E-state index contributed by atoms with van der Waals surface area (Å²) in [5, 5.41) is 9.38. The molecule has 0 unspecified atom stereocenters. The molecule has 7 heteroatoms. The van der Waals surface area contributed by atoms with Crippen molar-refractivity contribution in [2.75, 3.05) is 24.2 Å². The first kappa shape index (κ1) is 13.2. The summed E-state index contributed by atoms with van der Waals surface area (Å²) in [6, 6.07) is 0. The molecule has 2 aromatic heterocycles. The summed E-state index contributed by atoms with van der Waals surface area (Å²) in [7, 11) is 1.80. The van der Waals surface area contributed by atoms with Gasteiger partial charge in [0.05, 0.1) is 15.2 Å². The van der Waals surface area contributed by atoms with Gasteiger partial charge in [0.1, 0.15) is 5.82 Å². The second-order valence-corrected chi connectivity index (χ2v) is 5.59. The van der Waals surface area contributed by atoms with Gasteiger partial charge in [-0.3, -0.25) is 0 Å². The van der Waals surface area contributed by atoms with Gasteiger partial charge in [-0.1, -0.05) is 0 Å². The van der Waals surface area contributed by atoms with E-state index in [1.807, 2.05) is 6.92 Å². The standard InChI is InChI=1S/C11H14BrN5S/c1-7-16-8(6-18-7)3-4-14-10-9(12)5-15-11(13-2)17-10/h5-6H,3-4H2,1-2H3,(H2,13,14,15,17). The van der Waals surface area contributed by atoms with Crippen molar-refractivity contribution in [3.8, 4) is 0 Å². The molecule has 0 bridgehead atoms. The van der Waals surface area contributed by atoms with E-state index >= 15 is 0 Å². The third-order valence-electron chi connectivity index (χ3n) is 2.31. The topological polar surface area (TPSA) is 62.7 Å². The monoisotopic (exact) mass is 327 g/mol. The first-order chi connectivity index (χ1) is 8.69. The molecule has 0 saturated carbocycles. The zero-order valence-electron chi connectivity index (χ0n) is 10.2. The number of hydrogen-bond donors (Lipinski definition) is 2. The van der Waals surface area contributed by atoms with Crippen molar-refractivity contribution < 1.29 is 0 Å². The van der Waals surface area contributed by atoms with Crippen LogP contribution in [0.5, 0.6) is 0 Å². The van der Waals surface area contributed by atoms with E-state index in [1.54, 1.807) is 24.6 Å². The average molecular weight is 328 g/mol. The summed E-state index contributed by atoms with van der Waals surface area (Å²) in [6.45, 7) is 2.81. The second kappa shape index (κ2) is 6.10. The van der Waals surface area contributed by atoms with Gasteiger partial charge >= 0.3 is 0 Å². The first-order valence-corrected chi connectivity index (χ1v) is 7.21. The average Bonchev–Trinajstić information content (AvgIpc) is 2.77. The molecule has 0 aliphatic heterocycles. The third-order valence-corrected chi connectivity index (χ3v) is 3.71. The number of halogens is 1. The summed E-state index contributed by atoms with van der Waals surface area (Å²) >= 11 is 5.10. The minimum Gasteiger partial charge on any atom is -0.369 e. The van der Waals surface area contributed by atoms with Crippen molar-refractivity contribution >= 4 is 39.0 Å². The number of nitrogens with one attached hydrogen (secondary N) is 2. The minimum atomic E-state index is 0.602. The molecule has 0 radical (unpaired) electrons. The van der Waals surface area contributed by atoms with E-state index in [0.29, 0.717) is 5.95 Å². The van der Waals surface area contributed by atoms with Crippen molar-refractivity contribution in [3.63, 3.8) is 0 Å². The molecule has 0 saturated heterocycles. The summed E-state index contributed by atoms with van der Waals surface area (Å²) in [5.74, 6) is 1.39. The molecule has 2 aromatic rings. The third kappa shape index (κ3) is 3.39. The molecule has 2 heterocycles. The number of thiazole rings is 1. The fraction of sp³-hybridized carbons (Fsp3) is 0.364. The lowest BCUT2D eigenvalue weighted by Crippen LogP contribution is -2.08. The lowest BCUT2D eigenvalue weighted by atomic mass is 10.3. The normalized spacial score (nSPS) is 10.4. The van der Waals surface area contributed by atoms with Crippen molar-refractivity contribution in [2.45, 2.75) is 13.3 Å². The Labute approximate surface area is 118 Å². The van der Waals surface area contributed by atoms with Crippen molar-refractivity contribution in [1.29, 1.82) is 0 Å². The Bertz CT molecular complexity index is 528. The zero-order valence-corrected chi connectivity index (χ0v) is 12.6. The Morgan fingerprint density at radius 2 is 2.22 bits per heavy atom. The molecular formula is C11H14BrN5S. The number of nitrogens with zero attached hydrogens (tertiary/aromatic N) is 3. The quantitative estimate of drug-likeness (QED) is 0.884. The molecular weight excluding hydrogens is 314 g/mol. The Morgan fingerprint density at radius 3 is 2.89 bits per heavy atom. The molecule has 0 spiro atoms. The van der Waals surface area contributed by atoms with Crippen LogP contribution in [-0.4, -0.2) is 28.5 Å². The van der Waals surface area contributed by atoms with Crippen LogP contribution in [0.4, 0.5) is 11.8 Å². The smallest absolute Gasteiger partial charge is 0.224 e. The van der Waals surface area contributed by atoms with Crippen LogP contribution in [-0.2, 0) is 6.42 Å². The van der Waals surface area contributed by atoms with Gasteiger partial charge in [0.25, 0.3) is 0 Å². The van der Waals surface area contributed by atoms with Gasteiger partial charge in [-0.05, 0) is 22.9 Å². The summed E-state index contributed by atoms with van der Waals surface area (Å²) in [5.41, 5.74) is 1.11. The predicted octanol–water partition coefficient (Wildman–Crippen LogP) is 2.70. The van der Waals surface area contributed by atoms with Gasteiger partial charge in [0.2, 0.25) is 5.95 Å². The molecule has 0 aromatic carbocycles. The molecule has 2 N–H and O–H groups in total. The van der Waals surface area contributed by atoms with E-state index in [0.717, 1.165) is 34.0 Å². The molecule has 96 valence electrons. The molecule has 0 fully saturated rings. The van der Waals surface area contributed by atoms with Gasteiger partial charge in [-0.15, -0.1) is 11.3 Å². The maximum atomic E-state index is 4.42. The highest BCUT2D eigenvalue weighted by Crippen LogP contribution is 2.19. The molecule has 0 atom stereocenters. The number of rotatable bonds is 5. The number of hydrogen-bond acceptors (Lipinski definition) is 6.